The van der Waals surface area contributed by atoms with Crippen LogP contribution >= 0.6 is 0 Å². The third-order valence-corrected chi connectivity index (χ3v) is 5.78. The monoisotopic (exact) mass is 461 g/mol. The van der Waals surface area contributed by atoms with Crippen LogP contribution < -0.4 is 0 Å². The summed E-state index contributed by atoms with van der Waals surface area (Å²) in [5.41, 5.74) is 6.25. The maximum Gasteiger partial charge on any atom is 0.188 e. The van der Waals surface area contributed by atoms with Gasteiger partial charge in [0.1, 0.15) is 17.5 Å². The second kappa shape index (κ2) is 9.77. The van der Waals surface area contributed by atoms with E-state index < -0.39 is 0 Å². The molecule has 0 bridgehead atoms. The number of aryl methyl sites for hydroxylation is 1. The van der Waals surface area contributed by atoms with Gasteiger partial charge in [0.2, 0.25) is 0 Å². The van der Waals surface area contributed by atoms with Crippen molar-refractivity contribution < 1.29 is 9.59 Å². The van der Waals surface area contributed by atoms with Crippen LogP contribution in [0.2, 0.25) is 0 Å². The summed E-state index contributed by atoms with van der Waals surface area (Å²) in [4.78, 5) is 42.8. The average Bonchev–Trinajstić information content (AvgIpc) is 3.27. The molecule has 0 aliphatic rings. The van der Waals surface area contributed by atoms with Crippen molar-refractivity contribution in [1.29, 1.82) is 0 Å². The number of aromatic nitrogens is 5. The maximum atomic E-state index is 13.2. The summed E-state index contributed by atoms with van der Waals surface area (Å²) >= 11 is 0. The lowest BCUT2D eigenvalue weighted by Gasteiger charge is -2.11. The minimum Gasteiger partial charge on any atom is -0.311 e. The SMILES string of the molecule is Cc1ccnc(C(=O)CC(=O)c2cc(Cc3ccccc3)cc(Cn3cnc4cncnc43)c2)c1. The highest BCUT2D eigenvalue weighted by Crippen LogP contribution is 2.19. The van der Waals surface area contributed by atoms with Crippen LogP contribution in [0.25, 0.3) is 11.2 Å². The van der Waals surface area contributed by atoms with Crippen molar-refractivity contribution in [2.24, 2.45) is 0 Å². The van der Waals surface area contributed by atoms with Gasteiger partial charge >= 0.3 is 0 Å². The Labute approximate surface area is 202 Å². The molecule has 5 rings (SSSR count). The van der Waals surface area contributed by atoms with Gasteiger partial charge in [0.15, 0.2) is 17.2 Å². The molecule has 7 nitrogen and oxygen atoms in total. The van der Waals surface area contributed by atoms with Gasteiger partial charge in [0.05, 0.1) is 25.5 Å². The van der Waals surface area contributed by atoms with Crippen LogP contribution in [0.1, 0.15) is 49.5 Å². The van der Waals surface area contributed by atoms with E-state index in [4.69, 9.17) is 0 Å². The molecule has 0 aliphatic carbocycles. The lowest BCUT2D eigenvalue weighted by molar-refractivity contribution is 0.0891. The fourth-order valence-corrected chi connectivity index (χ4v) is 4.10. The predicted octanol–water partition coefficient (Wildman–Crippen LogP) is 4.62. The number of imidazole rings is 1. The van der Waals surface area contributed by atoms with Gasteiger partial charge in [-0.1, -0.05) is 36.4 Å². The first kappa shape index (κ1) is 22.3. The summed E-state index contributed by atoms with van der Waals surface area (Å²) in [5.74, 6) is -0.515. The highest BCUT2D eigenvalue weighted by atomic mass is 16.1. The third kappa shape index (κ3) is 5.19. The smallest absolute Gasteiger partial charge is 0.188 e. The first-order valence-electron chi connectivity index (χ1n) is 11.3. The Balaban J connectivity index is 1.46. The van der Waals surface area contributed by atoms with Gasteiger partial charge in [-0.25, -0.2) is 15.0 Å². The molecular weight excluding hydrogens is 438 g/mol. The number of Topliss-reactive ketones (excluding diaryl/α,β-unsaturated/α-hetero) is 2. The summed E-state index contributed by atoms with van der Waals surface area (Å²) < 4.78 is 1.93. The molecule has 0 fully saturated rings. The Morgan fingerprint density at radius 1 is 0.857 bits per heavy atom. The summed E-state index contributed by atoms with van der Waals surface area (Å²) in [5, 5.41) is 0. The van der Waals surface area contributed by atoms with Crippen LogP contribution in [0, 0.1) is 6.92 Å². The number of benzene rings is 2. The molecule has 3 heterocycles. The number of rotatable bonds is 8. The number of hydrogen-bond donors (Lipinski definition) is 0. The van der Waals surface area contributed by atoms with Crippen molar-refractivity contribution >= 4 is 22.7 Å². The Morgan fingerprint density at radius 3 is 2.51 bits per heavy atom. The van der Waals surface area contributed by atoms with E-state index in [0.29, 0.717) is 29.7 Å². The summed E-state index contributed by atoms with van der Waals surface area (Å²) in [6, 6.07) is 19.4. The zero-order valence-electron chi connectivity index (χ0n) is 19.3. The van der Waals surface area contributed by atoms with Crippen molar-refractivity contribution in [2.45, 2.75) is 26.3 Å². The van der Waals surface area contributed by atoms with E-state index in [0.717, 1.165) is 27.9 Å². The van der Waals surface area contributed by atoms with Crippen molar-refractivity contribution in [3.8, 4) is 0 Å². The molecule has 0 radical (unpaired) electrons. The third-order valence-electron chi connectivity index (χ3n) is 5.78. The van der Waals surface area contributed by atoms with Crippen LogP contribution in [0.15, 0.2) is 85.7 Å². The van der Waals surface area contributed by atoms with Gasteiger partial charge in [-0.05, 0) is 59.9 Å². The van der Waals surface area contributed by atoms with Crippen molar-refractivity contribution in [3.63, 3.8) is 0 Å². The fourth-order valence-electron chi connectivity index (χ4n) is 4.10. The average molecular weight is 462 g/mol. The number of pyridine rings is 1. The predicted molar refractivity (Wildman–Crippen MR) is 132 cm³/mol. The highest BCUT2D eigenvalue weighted by molar-refractivity contribution is 6.13. The molecule has 0 amide bonds. The second-order valence-electron chi connectivity index (χ2n) is 8.55. The van der Waals surface area contributed by atoms with Gasteiger partial charge in [0.25, 0.3) is 0 Å². The molecule has 7 heteroatoms. The maximum absolute atomic E-state index is 13.2. The standard InChI is InChI=1S/C28H23N5O2/c1-19-7-8-30-24(9-19)27(35)14-26(34)23-12-21(10-20-5-3-2-4-6-20)11-22(13-23)16-33-18-32-25-15-29-17-31-28(25)33/h2-9,11-13,15,17-18H,10,14,16H2,1H3. The molecule has 0 saturated carbocycles. The van der Waals surface area contributed by atoms with Crippen molar-refractivity contribution in [2.75, 3.05) is 0 Å². The van der Waals surface area contributed by atoms with Gasteiger partial charge in [0, 0.05) is 11.8 Å². The Morgan fingerprint density at radius 2 is 1.69 bits per heavy atom. The highest BCUT2D eigenvalue weighted by Gasteiger charge is 2.17. The molecule has 0 aliphatic heterocycles. The molecule has 172 valence electrons. The van der Waals surface area contributed by atoms with Gasteiger partial charge in [-0.3, -0.25) is 14.6 Å². The number of ketones is 2. The van der Waals surface area contributed by atoms with Crippen LogP contribution in [0.3, 0.4) is 0 Å². The molecule has 5 aromatic rings. The van der Waals surface area contributed by atoms with E-state index >= 15 is 0 Å². The minimum absolute atomic E-state index is 0.229. The molecule has 0 spiro atoms. The van der Waals surface area contributed by atoms with Crippen LogP contribution in [0.4, 0.5) is 0 Å². The Bertz CT molecular complexity index is 1530. The summed E-state index contributed by atoms with van der Waals surface area (Å²) in [6.45, 7) is 2.38. The number of carbonyl (C=O) groups is 2. The molecule has 2 aromatic carbocycles. The summed E-state index contributed by atoms with van der Waals surface area (Å²) in [7, 11) is 0. The molecule has 0 saturated heterocycles. The minimum atomic E-state index is -0.286. The van der Waals surface area contributed by atoms with Crippen molar-refractivity contribution in [1.82, 2.24) is 24.5 Å². The van der Waals surface area contributed by atoms with Crippen molar-refractivity contribution in [3.05, 3.63) is 119 Å². The number of nitrogens with zero attached hydrogens (tertiary/aromatic N) is 5. The molecule has 3 aromatic heterocycles. The first-order chi connectivity index (χ1) is 17.0. The summed E-state index contributed by atoms with van der Waals surface area (Å²) in [6.07, 6.45) is 6.92. The lowest BCUT2D eigenvalue weighted by Crippen LogP contribution is -2.11. The van der Waals surface area contributed by atoms with E-state index in [1.54, 1.807) is 24.8 Å². The van der Waals surface area contributed by atoms with Crippen LogP contribution in [-0.2, 0) is 13.0 Å². The normalized spacial score (nSPS) is 11.0. The fraction of sp³-hybridized carbons (Fsp3) is 0.143. The van der Waals surface area contributed by atoms with E-state index in [9.17, 15) is 9.59 Å². The quantitative estimate of drug-likeness (QED) is 0.247. The molecule has 0 atom stereocenters. The largest absolute Gasteiger partial charge is 0.311 e. The number of hydrogen-bond acceptors (Lipinski definition) is 6. The molecule has 0 N–H and O–H groups in total. The number of fused-ring (bicyclic) bond motifs is 1. The van der Waals surface area contributed by atoms with E-state index in [2.05, 4.69) is 38.1 Å². The lowest BCUT2D eigenvalue weighted by atomic mass is 9.96. The zero-order chi connectivity index (χ0) is 24.2. The van der Waals surface area contributed by atoms with Gasteiger partial charge in [-0.15, -0.1) is 0 Å². The van der Waals surface area contributed by atoms with E-state index in [1.807, 2.05) is 47.9 Å². The second-order valence-corrected chi connectivity index (χ2v) is 8.55. The van der Waals surface area contributed by atoms with Gasteiger partial charge in [-0.2, -0.15) is 0 Å². The molecular formula is C28H23N5O2. The molecule has 0 unspecified atom stereocenters. The van der Waals surface area contributed by atoms with E-state index in [-0.39, 0.29) is 18.0 Å². The number of carbonyl (C=O) groups excluding carboxylic acids is 2. The Kier molecular flexibility index (Phi) is 6.22. The van der Waals surface area contributed by atoms with Gasteiger partial charge < -0.3 is 4.57 Å². The molecule has 35 heavy (non-hydrogen) atoms. The van der Waals surface area contributed by atoms with Crippen LogP contribution in [0.5, 0.6) is 0 Å². The van der Waals surface area contributed by atoms with E-state index in [1.165, 1.54) is 6.33 Å². The zero-order valence-corrected chi connectivity index (χ0v) is 19.3. The first-order valence-corrected chi connectivity index (χ1v) is 11.3. The topological polar surface area (TPSA) is 90.6 Å². The van der Waals surface area contributed by atoms with Crippen LogP contribution in [-0.4, -0.2) is 36.1 Å². The Hall–Kier alpha value is -4.52.